The van der Waals surface area contributed by atoms with E-state index in [4.69, 9.17) is 21.1 Å². The Bertz CT molecular complexity index is 1070. The van der Waals surface area contributed by atoms with Crippen molar-refractivity contribution in [2.75, 3.05) is 38.2 Å². The Morgan fingerprint density at radius 2 is 1.75 bits per heavy atom. The molecule has 172 valence electrons. The number of halogens is 1. The number of esters is 1. The molecule has 1 fully saturated rings. The highest BCUT2D eigenvalue weighted by Crippen LogP contribution is 2.28. The van der Waals surface area contributed by atoms with Crippen LogP contribution in [0.4, 0.5) is 5.69 Å². The fourth-order valence-electron chi connectivity index (χ4n) is 3.58. The number of hydrogen-bond acceptors (Lipinski definition) is 6. The van der Waals surface area contributed by atoms with E-state index in [0.29, 0.717) is 36.7 Å². The van der Waals surface area contributed by atoms with Gasteiger partial charge in [0.2, 0.25) is 5.91 Å². The van der Waals surface area contributed by atoms with E-state index in [2.05, 4.69) is 0 Å². The number of rotatable bonds is 7. The van der Waals surface area contributed by atoms with Crippen molar-refractivity contribution in [2.45, 2.75) is 17.7 Å². The Labute approximate surface area is 192 Å². The first-order chi connectivity index (χ1) is 15.3. The molecule has 3 rings (SSSR count). The van der Waals surface area contributed by atoms with Gasteiger partial charge in [-0.2, -0.15) is 0 Å². The molecule has 8 nitrogen and oxygen atoms in total. The molecule has 1 aliphatic heterocycles. The van der Waals surface area contributed by atoms with Gasteiger partial charge in [-0.1, -0.05) is 17.7 Å². The second kappa shape index (κ2) is 10.2. The van der Waals surface area contributed by atoms with Crippen LogP contribution in [0.3, 0.4) is 0 Å². The van der Waals surface area contributed by atoms with E-state index in [1.165, 1.54) is 32.4 Å². The largest absolute Gasteiger partial charge is 0.497 e. The lowest BCUT2D eigenvalue weighted by molar-refractivity contribution is -0.148. The van der Waals surface area contributed by atoms with E-state index in [1.54, 1.807) is 35.2 Å². The molecule has 0 saturated carbocycles. The first kappa shape index (κ1) is 23.9. The van der Waals surface area contributed by atoms with E-state index >= 15 is 0 Å². The average molecular weight is 481 g/mol. The number of sulfonamides is 1. The topological polar surface area (TPSA) is 93.2 Å². The monoisotopic (exact) mass is 480 g/mol. The van der Waals surface area contributed by atoms with Crippen molar-refractivity contribution >= 4 is 39.2 Å². The summed E-state index contributed by atoms with van der Waals surface area (Å²) in [4.78, 5) is 26.4. The van der Waals surface area contributed by atoms with E-state index in [0.717, 1.165) is 4.31 Å². The van der Waals surface area contributed by atoms with Gasteiger partial charge in [-0.15, -0.1) is 0 Å². The maximum Gasteiger partial charge on any atom is 0.308 e. The molecule has 2 aromatic rings. The fourth-order valence-corrected chi connectivity index (χ4v) is 5.17. The SMILES string of the molecule is COC(=O)C1CCN(C(=O)CN(c2cccc(Cl)c2)S(=O)(=O)c2ccc(OC)cc2)CC1. The van der Waals surface area contributed by atoms with E-state index in [-0.39, 0.29) is 28.4 Å². The smallest absolute Gasteiger partial charge is 0.308 e. The first-order valence-corrected chi connectivity index (χ1v) is 11.9. The van der Waals surface area contributed by atoms with E-state index in [1.807, 2.05) is 0 Å². The lowest BCUT2D eigenvalue weighted by Gasteiger charge is -2.33. The van der Waals surface area contributed by atoms with Gasteiger partial charge in [-0.25, -0.2) is 8.42 Å². The zero-order chi connectivity index (χ0) is 23.3. The van der Waals surface area contributed by atoms with Gasteiger partial charge in [-0.05, 0) is 55.3 Å². The van der Waals surface area contributed by atoms with Gasteiger partial charge in [0.1, 0.15) is 12.3 Å². The van der Waals surface area contributed by atoms with Crippen LogP contribution in [0.2, 0.25) is 5.02 Å². The van der Waals surface area contributed by atoms with Gasteiger partial charge in [0, 0.05) is 18.1 Å². The number of ether oxygens (including phenoxy) is 2. The quantitative estimate of drug-likeness (QED) is 0.565. The molecule has 0 N–H and O–H groups in total. The maximum atomic E-state index is 13.5. The third-order valence-corrected chi connectivity index (χ3v) is 7.43. The summed E-state index contributed by atoms with van der Waals surface area (Å²) in [6.07, 6.45) is 0.946. The van der Waals surface area contributed by atoms with Crippen LogP contribution in [-0.2, 0) is 24.3 Å². The molecule has 1 heterocycles. The fraction of sp³-hybridized carbons (Fsp3) is 0.364. The van der Waals surface area contributed by atoms with Crippen LogP contribution in [-0.4, -0.2) is 59.0 Å². The Morgan fingerprint density at radius 3 is 2.31 bits per heavy atom. The molecule has 2 aromatic carbocycles. The van der Waals surface area contributed by atoms with Gasteiger partial charge in [-0.3, -0.25) is 13.9 Å². The predicted octanol–water partition coefficient (Wildman–Crippen LogP) is 2.96. The Kier molecular flexibility index (Phi) is 7.63. The minimum atomic E-state index is -4.06. The summed E-state index contributed by atoms with van der Waals surface area (Å²) in [6, 6.07) is 12.3. The minimum absolute atomic E-state index is 0.0236. The summed E-state index contributed by atoms with van der Waals surface area (Å²) in [5.41, 5.74) is 0.283. The van der Waals surface area contributed by atoms with Gasteiger partial charge >= 0.3 is 5.97 Å². The second-order valence-electron chi connectivity index (χ2n) is 7.35. The first-order valence-electron chi connectivity index (χ1n) is 10.0. The number of nitrogens with zero attached hydrogens (tertiary/aromatic N) is 2. The van der Waals surface area contributed by atoms with Crippen molar-refractivity contribution in [3.63, 3.8) is 0 Å². The summed E-state index contributed by atoms with van der Waals surface area (Å²) < 4.78 is 37.8. The van der Waals surface area contributed by atoms with Crippen molar-refractivity contribution in [1.82, 2.24) is 4.90 Å². The normalized spacial score (nSPS) is 14.7. The van der Waals surface area contributed by atoms with Crippen LogP contribution in [0.1, 0.15) is 12.8 Å². The molecule has 10 heteroatoms. The molecular formula is C22H25ClN2O6S. The van der Waals surface area contributed by atoms with Crippen molar-refractivity contribution in [2.24, 2.45) is 5.92 Å². The van der Waals surface area contributed by atoms with E-state index < -0.39 is 16.6 Å². The molecule has 0 aliphatic carbocycles. The van der Waals surface area contributed by atoms with Crippen LogP contribution in [0, 0.1) is 5.92 Å². The highest BCUT2D eigenvalue weighted by Gasteiger charge is 2.32. The van der Waals surface area contributed by atoms with Gasteiger partial charge in [0.15, 0.2) is 0 Å². The molecule has 0 bridgehead atoms. The lowest BCUT2D eigenvalue weighted by Crippen LogP contribution is -2.46. The summed E-state index contributed by atoms with van der Waals surface area (Å²) in [6.45, 7) is 0.312. The van der Waals surface area contributed by atoms with E-state index in [9.17, 15) is 18.0 Å². The number of carbonyl (C=O) groups is 2. The zero-order valence-corrected chi connectivity index (χ0v) is 19.4. The van der Waals surface area contributed by atoms with Crippen LogP contribution >= 0.6 is 11.6 Å². The zero-order valence-electron chi connectivity index (χ0n) is 17.9. The Balaban J connectivity index is 1.85. The third kappa shape index (κ3) is 5.34. The highest BCUT2D eigenvalue weighted by molar-refractivity contribution is 7.92. The summed E-state index contributed by atoms with van der Waals surface area (Å²) in [5.74, 6) is -0.385. The van der Waals surface area contributed by atoms with Crippen LogP contribution in [0.15, 0.2) is 53.4 Å². The molecule has 1 aliphatic rings. The van der Waals surface area contributed by atoms with Crippen molar-refractivity contribution in [1.29, 1.82) is 0 Å². The maximum absolute atomic E-state index is 13.5. The Morgan fingerprint density at radius 1 is 1.09 bits per heavy atom. The minimum Gasteiger partial charge on any atom is -0.497 e. The number of piperidine rings is 1. The molecule has 32 heavy (non-hydrogen) atoms. The van der Waals surface area contributed by atoms with Crippen LogP contribution in [0.25, 0.3) is 0 Å². The molecule has 0 atom stereocenters. The Hall–Kier alpha value is -2.78. The molecule has 0 unspecified atom stereocenters. The summed E-state index contributed by atoms with van der Waals surface area (Å²) in [7, 11) is -1.23. The number of benzene rings is 2. The predicted molar refractivity (Wildman–Crippen MR) is 120 cm³/mol. The van der Waals surface area contributed by atoms with Crippen molar-refractivity contribution in [3.8, 4) is 5.75 Å². The standard InChI is InChI=1S/C22H25ClN2O6S/c1-30-19-6-8-20(9-7-19)32(28,29)25(18-5-3-4-17(23)14-18)15-21(26)24-12-10-16(11-13-24)22(27)31-2/h3-9,14,16H,10-13,15H2,1-2H3. The molecule has 1 saturated heterocycles. The molecule has 0 radical (unpaired) electrons. The molecule has 0 spiro atoms. The van der Waals surface area contributed by atoms with Gasteiger partial charge in [0.25, 0.3) is 10.0 Å². The average Bonchev–Trinajstić information content (AvgIpc) is 2.81. The van der Waals surface area contributed by atoms with Crippen molar-refractivity contribution < 1.29 is 27.5 Å². The summed E-state index contributed by atoms with van der Waals surface area (Å²) >= 11 is 6.09. The molecule has 1 amide bonds. The number of hydrogen-bond donors (Lipinski definition) is 0. The van der Waals surface area contributed by atoms with Gasteiger partial charge in [0.05, 0.1) is 30.7 Å². The number of amides is 1. The van der Waals surface area contributed by atoms with Crippen LogP contribution in [0.5, 0.6) is 5.75 Å². The van der Waals surface area contributed by atoms with Crippen molar-refractivity contribution in [3.05, 3.63) is 53.6 Å². The van der Waals surface area contributed by atoms with Crippen LogP contribution < -0.4 is 9.04 Å². The number of methoxy groups -OCH3 is 2. The number of carbonyl (C=O) groups excluding carboxylic acids is 2. The second-order valence-corrected chi connectivity index (χ2v) is 9.64. The molecular weight excluding hydrogens is 456 g/mol. The highest BCUT2D eigenvalue weighted by atomic mass is 35.5. The lowest BCUT2D eigenvalue weighted by atomic mass is 9.97. The summed E-state index contributed by atoms with van der Waals surface area (Å²) in [5, 5.41) is 0.351. The number of anilines is 1. The number of likely N-dealkylation sites (tertiary alicyclic amines) is 1. The van der Waals surface area contributed by atoms with Gasteiger partial charge < -0.3 is 14.4 Å². The molecule has 0 aromatic heterocycles. The third-order valence-electron chi connectivity index (χ3n) is 5.40.